The molecule has 0 amide bonds. The number of aliphatic hydroxyl groups excluding tert-OH is 2. The Morgan fingerprint density at radius 2 is 2.00 bits per heavy atom. The van der Waals surface area contributed by atoms with E-state index >= 15 is 0 Å². The molecule has 0 saturated heterocycles. The molecule has 0 unspecified atom stereocenters. The molecule has 0 bridgehead atoms. The molecule has 0 aliphatic rings. The van der Waals surface area contributed by atoms with Crippen molar-refractivity contribution < 1.29 is 24.5 Å². The van der Waals surface area contributed by atoms with Crippen LogP contribution in [-0.4, -0.2) is 36.2 Å². The Kier molecular flexibility index (Phi) is 4.75. The smallest absolute Gasteiger partial charge is 0.309 e. The molecule has 0 aliphatic carbocycles. The molecule has 0 aromatic heterocycles. The number of ether oxygens (including phenoxy) is 2. The van der Waals surface area contributed by atoms with E-state index in [0.29, 0.717) is 5.75 Å². The molecule has 1 rings (SSSR count). The summed E-state index contributed by atoms with van der Waals surface area (Å²) in [4.78, 5) is 11.0. The highest BCUT2D eigenvalue weighted by atomic mass is 16.6. The molecule has 5 nitrogen and oxygen atoms in total. The van der Waals surface area contributed by atoms with Gasteiger partial charge < -0.3 is 19.7 Å². The third kappa shape index (κ3) is 3.88. The average molecular weight is 226 g/mol. The van der Waals surface area contributed by atoms with E-state index in [4.69, 9.17) is 14.9 Å². The molecule has 0 spiro atoms. The van der Waals surface area contributed by atoms with Crippen molar-refractivity contribution in [2.24, 2.45) is 0 Å². The molecule has 88 valence electrons. The summed E-state index contributed by atoms with van der Waals surface area (Å²) in [6.45, 7) is -0.468. The normalized spacial score (nSPS) is 11.9. The summed E-state index contributed by atoms with van der Waals surface area (Å²) in [5, 5.41) is 17.6. The first-order valence-electron chi connectivity index (χ1n) is 4.77. The van der Waals surface area contributed by atoms with Crippen LogP contribution in [0.4, 0.5) is 0 Å². The molecule has 1 atom stereocenters. The van der Waals surface area contributed by atoms with E-state index < -0.39 is 12.9 Å². The first-order valence-corrected chi connectivity index (χ1v) is 4.77. The lowest BCUT2D eigenvalue weighted by atomic mass is 10.1. The minimum Gasteiger partial charge on any atom is -0.469 e. The van der Waals surface area contributed by atoms with E-state index in [0.717, 1.165) is 5.56 Å². The van der Waals surface area contributed by atoms with E-state index in [-0.39, 0.29) is 12.4 Å². The highest BCUT2D eigenvalue weighted by Crippen LogP contribution is 2.13. The van der Waals surface area contributed by atoms with Crippen LogP contribution < -0.4 is 4.74 Å². The van der Waals surface area contributed by atoms with Gasteiger partial charge in [-0.1, -0.05) is 12.1 Å². The molecule has 0 fully saturated rings. The summed E-state index contributed by atoms with van der Waals surface area (Å²) < 4.78 is 9.46. The Labute approximate surface area is 93.2 Å². The summed E-state index contributed by atoms with van der Waals surface area (Å²) in [5.41, 5.74) is 0.790. The number of carbonyl (C=O) groups is 1. The number of rotatable bonds is 5. The van der Waals surface area contributed by atoms with Crippen molar-refractivity contribution in [1.29, 1.82) is 0 Å². The first-order chi connectivity index (χ1) is 7.65. The molecule has 1 aromatic rings. The highest BCUT2D eigenvalue weighted by Gasteiger charge is 2.05. The Bertz CT molecular complexity index is 333. The second-order valence-electron chi connectivity index (χ2n) is 3.15. The van der Waals surface area contributed by atoms with Gasteiger partial charge in [-0.25, -0.2) is 0 Å². The summed E-state index contributed by atoms with van der Waals surface area (Å²) in [6.07, 6.45) is -1.04. The largest absolute Gasteiger partial charge is 0.469 e. The summed E-state index contributed by atoms with van der Waals surface area (Å²) in [6, 6.07) is 6.60. The zero-order valence-electron chi connectivity index (χ0n) is 8.92. The van der Waals surface area contributed by atoms with Crippen molar-refractivity contribution in [3.05, 3.63) is 29.8 Å². The lowest BCUT2D eigenvalue weighted by molar-refractivity contribution is -0.139. The van der Waals surface area contributed by atoms with Crippen LogP contribution in [0.25, 0.3) is 0 Å². The number of aliphatic hydroxyl groups is 2. The van der Waals surface area contributed by atoms with Crippen molar-refractivity contribution in [3.63, 3.8) is 0 Å². The zero-order valence-corrected chi connectivity index (χ0v) is 8.92. The maximum absolute atomic E-state index is 11.0. The monoisotopic (exact) mass is 226 g/mol. The molecule has 2 N–H and O–H groups in total. The number of hydrogen-bond donors (Lipinski definition) is 2. The van der Waals surface area contributed by atoms with E-state index in [2.05, 4.69) is 4.74 Å². The maximum atomic E-state index is 11.0. The molecule has 0 saturated carbocycles. The molecule has 0 radical (unpaired) electrons. The molecular formula is C11H14O5. The van der Waals surface area contributed by atoms with Crippen LogP contribution in [0.3, 0.4) is 0 Å². The second-order valence-corrected chi connectivity index (χ2v) is 3.15. The molecule has 1 aromatic carbocycles. The van der Waals surface area contributed by atoms with Crippen LogP contribution in [0.1, 0.15) is 5.56 Å². The van der Waals surface area contributed by atoms with Gasteiger partial charge in [-0.15, -0.1) is 0 Å². The fourth-order valence-electron chi connectivity index (χ4n) is 1.12. The third-order valence-corrected chi connectivity index (χ3v) is 1.93. The van der Waals surface area contributed by atoms with Crippen LogP contribution >= 0.6 is 0 Å². The third-order valence-electron chi connectivity index (χ3n) is 1.93. The minimum atomic E-state index is -1.23. The van der Waals surface area contributed by atoms with Crippen LogP contribution in [0.2, 0.25) is 0 Å². The van der Waals surface area contributed by atoms with E-state index in [1.54, 1.807) is 24.3 Å². The average Bonchev–Trinajstić information content (AvgIpc) is 2.31. The second kappa shape index (κ2) is 6.09. The van der Waals surface area contributed by atoms with E-state index in [1.165, 1.54) is 7.11 Å². The SMILES string of the molecule is COC(=O)Cc1ccc(O[C@@H](O)CO)cc1. The Morgan fingerprint density at radius 3 is 2.50 bits per heavy atom. The van der Waals surface area contributed by atoms with Crippen molar-refractivity contribution in [2.75, 3.05) is 13.7 Å². The maximum Gasteiger partial charge on any atom is 0.309 e. The summed E-state index contributed by atoms with van der Waals surface area (Å²) in [5.74, 6) is 0.110. The Balaban J connectivity index is 2.57. The quantitative estimate of drug-likeness (QED) is 0.549. The van der Waals surface area contributed by atoms with Gasteiger partial charge in [0.1, 0.15) is 12.4 Å². The predicted molar refractivity (Wildman–Crippen MR) is 55.9 cm³/mol. The first kappa shape index (κ1) is 12.5. The van der Waals surface area contributed by atoms with E-state index in [9.17, 15) is 4.79 Å². The van der Waals surface area contributed by atoms with E-state index in [1.807, 2.05) is 0 Å². The van der Waals surface area contributed by atoms with Gasteiger partial charge in [-0.3, -0.25) is 4.79 Å². The summed E-state index contributed by atoms with van der Waals surface area (Å²) in [7, 11) is 1.33. The molecular weight excluding hydrogens is 212 g/mol. The number of benzene rings is 1. The van der Waals surface area contributed by atoms with Gasteiger partial charge in [0, 0.05) is 0 Å². The van der Waals surface area contributed by atoms with Crippen molar-refractivity contribution in [1.82, 2.24) is 0 Å². The topological polar surface area (TPSA) is 76.0 Å². The lowest BCUT2D eigenvalue weighted by Gasteiger charge is -2.10. The number of methoxy groups -OCH3 is 1. The van der Waals surface area contributed by atoms with Crippen LogP contribution in [0.5, 0.6) is 5.75 Å². The number of hydrogen-bond acceptors (Lipinski definition) is 5. The van der Waals surface area contributed by atoms with Crippen LogP contribution in [0, 0.1) is 0 Å². The van der Waals surface area contributed by atoms with Gasteiger partial charge in [0.05, 0.1) is 13.5 Å². The summed E-state index contributed by atoms with van der Waals surface area (Å²) >= 11 is 0. The van der Waals surface area contributed by atoms with Gasteiger partial charge in [0.15, 0.2) is 0 Å². The standard InChI is InChI=1S/C11H14O5/c1-15-10(13)6-8-2-4-9(5-3-8)16-11(14)7-12/h2-5,11-12,14H,6-7H2,1H3/t11-/m1/s1. The Hall–Kier alpha value is -1.59. The highest BCUT2D eigenvalue weighted by molar-refractivity contribution is 5.72. The van der Waals surface area contributed by atoms with Gasteiger partial charge >= 0.3 is 5.97 Å². The number of carbonyl (C=O) groups excluding carboxylic acids is 1. The van der Waals surface area contributed by atoms with Crippen LogP contribution in [-0.2, 0) is 16.0 Å². The molecule has 16 heavy (non-hydrogen) atoms. The minimum absolute atomic E-state index is 0.194. The fraction of sp³-hybridized carbons (Fsp3) is 0.364. The van der Waals surface area contributed by atoms with Gasteiger partial charge in [-0.2, -0.15) is 0 Å². The van der Waals surface area contributed by atoms with Crippen molar-refractivity contribution in [2.45, 2.75) is 12.7 Å². The zero-order chi connectivity index (χ0) is 12.0. The number of esters is 1. The Morgan fingerprint density at radius 1 is 1.38 bits per heavy atom. The van der Waals surface area contributed by atoms with Crippen molar-refractivity contribution in [3.8, 4) is 5.75 Å². The molecule has 0 heterocycles. The molecule has 5 heteroatoms. The van der Waals surface area contributed by atoms with Crippen molar-refractivity contribution >= 4 is 5.97 Å². The van der Waals surface area contributed by atoms with Crippen LogP contribution in [0.15, 0.2) is 24.3 Å². The van der Waals surface area contributed by atoms with Gasteiger partial charge in [0.25, 0.3) is 0 Å². The van der Waals surface area contributed by atoms with Gasteiger partial charge in [-0.05, 0) is 17.7 Å². The van der Waals surface area contributed by atoms with Gasteiger partial charge in [0.2, 0.25) is 6.29 Å². The fourth-order valence-corrected chi connectivity index (χ4v) is 1.12. The lowest BCUT2D eigenvalue weighted by Crippen LogP contribution is -2.19. The molecule has 0 aliphatic heterocycles. The predicted octanol–water partition coefficient (Wildman–Crippen LogP) is 0.0916.